The van der Waals surface area contributed by atoms with Crippen LogP contribution in [-0.4, -0.2) is 0 Å². The minimum Gasteiger partial charge on any atom is -0.0805 e. The van der Waals surface area contributed by atoms with E-state index in [0.29, 0.717) is 0 Å². The summed E-state index contributed by atoms with van der Waals surface area (Å²) in [7, 11) is 0. The van der Waals surface area contributed by atoms with Gasteiger partial charge in [0.1, 0.15) is 0 Å². The normalized spacial score (nSPS) is 25.5. The van der Waals surface area contributed by atoms with Crippen molar-refractivity contribution < 1.29 is 0 Å². The molecule has 0 heteroatoms. The maximum atomic E-state index is 2.48. The van der Waals surface area contributed by atoms with Crippen LogP contribution in [-0.2, 0) is 0 Å². The molecule has 0 heterocycles. The van der Waals surface area contributed by atoms with Gasteiger partial charge in [-0.1, -0.05) is 95.6 Å². The molecule has 1 aromatic carbocycles. The Kier molecular flexibility index (Phi) is 9.16. The Balaban J connectivity index is 1.35. The second-order valence-electron chi connectivity index (χ2n) is 9.86. The number of hydrogen-bond acceptors (Lipinski definition) is 0. The minimum atomic E-state index is 0.819. The Morgan fingerprint density at radius 3 is 2.11 bits per heavy atom. The molecule has 2 aliphatic rings. The van der Waals surface area contributed by atoms with Gasteiger partial charge in [-0.15, -0.1) is 0 Å². The van der Waals surface area contributed by atoms with Crippen LogP contribution in [0.25, 0.3) is 5.57 Å². The van der Waals surface area contributed by atoms with E-state index < -0.39 is 0 Å². The molecule has 0 saturated heterocycles. The predicted octanol–water partition coefficient (Wildman–Crippen LogP) is 9.30. The zero-order valence-electron chi connectivity index (χ0n) is 18.7. The topological polar surface area (TPSA) is 0 Å². The molecule has 0 amide bonds. The molecule has 1 saturated carbocycles. The first-order valence-corrected chi connectivity index (χ1v) is 12.6. The molecular formula is C28H44. The highest BCUT2D eigenvalue weighted by molar-refractivity contribution is 5.66. The first-order chi connectivity index (χ1) is 13.8. The number of allylic oxidation sites excluding steroid dienone is 2. The Morgan fingerprint density at radius 1 is 0.786 bits per heavy atom. The smallest absolute Gasteiger partial charge is 0.0162 e. The van der Waals surface area contributed by atoms with E-state index in [1.54, 1.807) is 11.1 Å². The highest BCUT2D eigenvalue weighted by Crippen LogP contribution is 2.38. The Morgan fingerprint density at radius 2 is 1.46 bits per heavy atom. The third-order valence-electron chi connectivity index (χ3n) is 7.49. The van der Waals surface area contributed by atoms with Gasteiger partial charge in [-0.25, -0.2) is 0 Å². The van der Waals surface area contributed by atoms with Gasteiger partial charge in [0.15, 0.2) is 0 Å². The van der Waals surface area contributed by atoms with Crippen LogP contribution in [0.5, 0.6) is 0 Å². The molecule has 0 bridgehead atoms. The van der Waals surface area contributed by atoms with E-state index in [-0.39, 0.29) is 0 Å². The average Bonchev–Trinajstić information content (AvgIpc) is 2.74. The third kappa shape index (κ3) is 6.78. The highest BCUT2D eigenvalue weighted by atomic mass is 14.3. The quantitative estimate of drug-likeness (QED) is 0.355. The summed E-state index contributed by atoms with van der Waals surface area (Å²) < 4.78 is 0. The zero-order valence-corrected chi connectivity index (χ0v) is 18.7. The van der Waals surface area contributed by atoms with Gasteiger partial charge in [0.25, 0.3) is 0 Å². The number of benzene rings is 1. The Bertz CT molecular complexity index is 571. The molecule has 28 heavy (non-hydrogen) atoms. The van der Waals surface area contributed by atoms with E-state index in [0.717, 1.165) is 17.8 Å². The summed E-state index contributed by atoms with van der Waals surface area (Å²) in [5.74, 6) is 2.71. The summed E-state index contributed by atoms with van der Waals surface area (Å²) in [5, 5.41) is 0. The van der Waals surface area contributed by atoms with Crippen molar-refractivity contribution in [1.29, 1.82) is 0 Å². The molecule has 1 unspecified atom stereocenters. The van der Waals surface area contributed by atoms with Crippen molar-refractivity contribution in [3.63, 3.8) is 0 Å². The summed E-state index contributed by atoms with van der Waals surface area (Å²) in [6.45, 7) is 4.68. The van der Waals surface area contributed by atoms with Crippen LogP contribution in [0.3, 0.4) is 0 Å². The molecule has 0 N–H and O–H groups in total. The molecule has 0 aromatic heterocycles. The minimum absolute atomic E-state index is 0.819. The summed E-state index contributed by atoms with van der Waals surface area (Å²) in [4.78, 5) is 0. The van der Waals surface area contributed by atoms with Crippen LogP contribution < -0.4 is 0 Å². The van der Waals surface area contributed by atoms with Crippen molar-refractivity contribution >= 4 is 5.57 Å². The first-order valence-electron chi connectivity index (χ1n) is 12.6. The van der Waals surface area contributed by atoms with Gasteiger partial charge in [-0.2, -0.15) is 0 Å². The standard InChI is InChI=1S/C28H44/c1-3-4-5-6-7-8-9-10-24-13-17-26(18-14-24)28-21-19-27(20-22-28)25-15-11-23(2)12-16-25/h15,19-24,26H,3-14,16-18H2,1-2H3. The average molecular weight is 381 g/mol. The molecule has 2 aliphatic carbocycles. The maximum absolute atomic E-state index is 2.48. The van der Waals surface area contributed by atoms with Crippen LogP contribution >= 0.6 is 0 Å². The zero-order chi connectivity index (χ0) is 19.6. The SMILES string of the molecule is CCCCCCCCCC1CCC(c2ccc(C3=CCC(C)CC3)cc2)CC1. The van der Waals surface area contributed by atoms with Crippen molar-refractivity contribution in [1.82, 2.24) is 0 Å². The number of hydrogen-bond donors (Lipinski definition) is 0. The summed E-state index contributed by atoms with van der Waals surface area (Å²) in [6.07, 6.45) is 23.8. The van der Waals surface area contributed by atoms with E-state index in [2.05, 4.69) is 44.2 Å². The molecule has 0 aliphatic heterocycles. The van der Waals surface area contributed by atoms with Crippen LogP contribution in [0.4, 0.5) is 0 Å². The fourth-order valence-electron chi connectivity index (χ4n) is 5.37. The van der Waals surface area contributed by atoms with Crippen molar-refractivity contribution in [2.75, 3.05) is 0 Å². The summed E-state index contributed by atoms with van der Waals surface area (Å²) in [5.41, 5.74) is 4.66. The fraction of sp³-hybridized carbons (Fsp3) is 0.714. The predicted molar refractivity (Wildman–Crippen MR) is 125 cm³/mol. The summed E-state index contributed by atoms with van der Waals surface area (Å²) in [6, 6.07) is 9.69. The van der Waals surface area contributed by atoms with Gasteiger partial charge in [0.05, 0.1) is 0 Å². The molecular weight excluding hydrogens is 336 g/mol. The van der Waals surface area contributed by atoms with Crippen LogP contribution in [0.2, 0.25) is 0 Å². The Labute approximate surface area is 175 Å². The third-order valence-corrected chi connectivity index (χ3v) is 7.49. The van der Waals surface area contributed by atoms with Crippen LogP contribution in [0.15, 0.2) is 30.3 Å². The van der Waals surface area contributed by atoms with E-state index >= 15 is 0 Å². The molecule has 0 spiro atoms. The highest BCUT2D eigenvalue weighted by Gasteiger charge is 2.22. The van der Waals surface area contributed by atoms with Gasteiger partial charge < -0.3 is 0 Å². The van der Waals surface area contributed by atoms with Gasteiger partial charge in [-0.05, 0) is 79.4 Å². The van der Waals surface area contributed by atoms with E-state index in [4.69, 9.17) is 0 Å². The monoisotopic (exact) mass is 380 g/mol. The van der Waals surface area contributed by atoms with Gasteiger partial charge in [-0.3, -0.25) is 0 Å². The number of rotatable bonds is 10. The summed E-state index contributed by atoms with van der Waals surface area (Å²) >= 11 is 0. The molecule has 1 aromatic rings. The van der Waals surface area contributed by atoms with Gasteiger partial charge in [0.2, 0.25) is 0 Å². The van der Waals surface area contributed by atoms with E-state index in [1.165, 1.54) is 102 Å². The van der Waals surface area contributed by atoms with Crippen molar-refractivity contribution in [3.8, 4) is 0 Å². The lowest BCUT2D eigenvalue weighted by Gasteiger charge is -2.29. The van der Waals surface area contributed by atoms with E-state index in [1.807, 2.05) is 0 Å². The Hall–Kier alpha value is -1.04. The number of unbranched alkanes of at least 4 members (excludes halogenated alkanes) is 6. The van der Waals surface area contributed by atoms with Crippen LogP contribution in [0.1, 0.15) is 127 Å². The first kappa shape index (κ1) is 21.7. The van der Waals surface area contributed by atoms with Crippen LogP contribution in [0, 0.1) is 11.8 Å². The lowest BCUT2D eigenvalue weighted by molar-refractivity contribution is 0.302. The largest absolute Gasteiger partial charge is 0.0805 e. The van der Waals surface area contributed by atoms with Gasteiger partial charge >= 0.3 is 0 Å². The maximum Gasteiger partial charge on any atom is -0.0162 e. The van der Waals surface area contributed by atoms with Gasteiger partial charge in [0, 0.05) is 0 Å². The molecule has 156 valence electrons. The lowest BCUT2D eigenvalue weighted by Crippen LogP contribution is -2.13. The molecule has 0 nitrogen and oxygen atoms in total. The van der Waals surface area contributed by atoms with E-state index in [9.17, 15) is 0 Å². The lowest BCUT2D eigenvalue weighted by atomic mass is 9.76. The molecule has 1 atom stereocenters. The second-order valence-corrected chi connectivity index (χ2v) is 9.86. The second kappa shape index (κ2) is 11.8. The van der Waals surface area contributed by atoms with Crippen molar-refractivity contribution in [3.05, 3.63) is 41.5 Å². The van der Waals surface area contributed by atoms with Crippen molar-refractivity contribution in [2.24, 2.45) is 11.8 Å². The fourth-order valence-corrected chi connectivity index (χ4v) is 5.37. The molecule has 3 rings (SSSR count). The molecule has 1 fully saturated rings. The molecule has 0 radical (unpaired) electrons. The van der Waals surface area contributed by atoms with Crippen molar-refractivity contribution in [2.45, 2.75) is 116 Å².